The summed E-state index contributed by atoms with van der Waals surface area (Å²) < 4.78 is 31.2. The van der Waals surface area contributed by atoms with Crippen LogP contribution in [-0.2, 0) is 5.54 Å². The van der Waals surface area contributed by atoms with Crippen molar-refractivity contribution in [1.29, 1.82) is 0 Å². The summed E-state index contributed by atoms with van der Waals surface area (Å²) in [6.45, 7) is 1.76. The normalized spacial score (nSPS) is 27.5. The molecule has 1 aliphatic rings. The van der Waals surface area contributed by atoms with Gasteiger partial charge in [0, 0.05) is 6.42 Å². The predicted molar refractivity (Wildman–Crippen MR) is 53.2 cm³/mol. The lowest BCUT2D eigenvalue weighted by Crippen LogP contribution is -2.28. The number of methoxy groups -OCH3 is 1. The summed E-state index contributed by atoms with van der Waals surface area (Å²) in [5.74, 6) is -2.12. The van der Waals surface area contributed by atoms with E-state index in [2.05, 4.69) is 0 Å². The van der Waals surface area contributed by atoms with Gasteiger partial charge in [0.25, 0.3) is 5.92 Å². The van der Waals surface area contributed by atoms with Gasteiger partial charge in [-0.3, -0.25) is 0 Å². The van der Waals surface area contributed by atoms with E-state index in [4.69, 9.17) is 10.5 Å². The number of benzene rings is 1. The lowest BCUT2D eigenvalue weighted by atomic mass is 9.99. The van der Waals surface area contributed by atoms with E-state index in [1.54, 1.807) is 32.2 Å². The number of halogens is 2. The summed E-state index contributed by atoms with van der Waals surface area (Å²) in [5.41, 5.74) is 5.43. The topological polar surface area (TPSA) is 35.2 Å². The highest BCUT2D eigenvalue weighted by Gasteiger charge is 2.70. The Morgan fingerprint density at radius 1 is 1.40 bits per heavy atom. The first-order valence-electron chi connectivity index (χ1n) is 4.72. The van der Waals surface area contributed by atoms with E-state index in [-0.39, 0.29) is 6.42 Å². The molecule has 0 spiro atoms. The Morgan fingerprint density at radius 3 is 2.40 bits per heavy atom. The standard InChI is InChI=1S/C11H13F2NO/c1-7-5-8(15-2)3-4-9(7)10(14)6-11(10,12)13/h3-5H,6,14H2,1-2H3. The molecule has 1 aromatic carbocycles. The lowest BCUT2D eigenvalue weighted by Gasteiger charge is -2.14. The Labute approximate surface area is 87.0 Å². The van der Waals surface area contributed by atoms with Crippen LogP contribution < -0.4 is 10.5 Å². The largest absolute Gasteiger partial charge is 0.497 e. The maximum absolute atomic E-state index is 13.1. The van der Waals surface area contributed by atoms with Crippen molar-refractivity contribution in [1.82, 2.24) is 0 Å². The van der Waals surface area contributed by atoms with Crippen molar-refractivity contribution >= 4 is 0 Å². The summed E-state index contributed by atoms with van der Waals surface area (Å²) >= 11 is 0. The molecular weight excluding hydrogens is 200 g/mol. The highest BCUT2D eigenvalue weighted by molar-refractivity contribution is 5.44. The molecule has 0 aromatic heterocycles. The number of ether oxygens (including phenoxy) is 1. The minimum Gasteiger partial charge on any atom is -0.497 e. The van der Waals surface area contributed by atoms with Crippen LogP contribution in [0.5, 0.6) is 5.75 Å². The van der Waals surface area contributed by atoms with Gasteiger partial charge in [-0.25, -0.2) is 8.78 Å². The molecule has 2 nitrogen and oxygen atoms in total. The van der Waals surface area contributed by atoms with Crippen LogP contribution in [0, 0.1) is 6.92 Å². The first-order valence-corrected chi connectivity index (χ1v) is 4.72. The molecule has 0 saturated heterocycles. The number of nitrogens with two attached hydrogens (primary N) is 1. The van der Waals surface area contributed by atoms with Gasteiger partial charge in [-0.05, 0) is 30.2 Å². The van der Waals surface area contributed by atoms with Crippen molar-refractivity contribution in [3.8, 4) is 5.75 Å². The molecule has 1 atom stereocenters. The van der Waals surface area contributed by atoms with E-state index in [0.717, 1.165) is 5.56 Å². The van der Waals surface area contributed by atoms with E-state index in [0.29, 0.717) is 11.3 Å². The van der Waals surface area contributed by atoms with E-state index >= 15 is 0 Å². The third-order valence-electron chi connectivity index (χ3n) is 2.94. The van der Waals surface area contributed by atoms with Gasteiger partial charge in [-0.15, -0.1) is 0 Å². The highest BCUT2D eigenvalue weighted by atomic mass is 19.3. The zero-order valence-corrected chi connectivity index (χ0v) is 8.68. The molecule has 2 N–H and O–H groups in total. The Balaban J connectivity index is 2.39. The summed E-state index contributed by atoms with van der Waals surface area (Å²) in [7, 11) is 1.54. The fourth-order valence-corrected chi connectivity index (χ4v) is 1.86. The second kappa shape index (κ2) is 2.92. The van der Waals surface area contributed by atoms with E-state index in [1.807, 2.05) is 0 Å². The summed E-state index contributed by atoms with van der Waals surface area (Å²) in [4.78, 5) is 0. The summed E-state index contributed by atoms with van der Waals surface area (Å²) in [6, 6.07) is 5.00. The Kier molecular flexibility index (Phi) is 2.01. The Morgan fingerprint density at radius 2 is 2.00 bits per heavy atom. The smallest absolute Gasteiger partial charge is 0.272 e. The molecule has 0 aliphatic heterocycles. The van der Waals surface area contributed by atoms with Crippen molar-refractivity contribution in [2.75, 3.05) is 7.11 Å². The number of hydrogen-bond acceptors (Lipinski definition) is 2. The fourth-order valence-electron chi connectivity index (χ4n) is 1.86. The second-order valence-corrected chi connectivity index (χ2v) is 4.03. The van der Waals surface area contributed by atoms with Gasteiger partial charge < -0.3 is 10.5 Å². The van der Waals surface area contributed by atoms with E-state index in [1.165, 1.54) is 0 Å². The van der Waals surface area contributed by atoms with Crippen LogP contribution in [0.4, 0.5) is 8.78 Å². The number of alkyl halides is 2. The molecule has 0 amide bonds. The van der Waals surface area contributed by atoms with Gasteiger partial charge >= 0.3 is 0 Å². The monoisotopic (exact) mass is 213 g/mol. The molecule has 82 valence electrons. The first kappa shape index (κ1) is 10.4. The molecule has 0 heterocycles. The van der Waals surface area contributed by atoms with Crippen molar-refractivity contribution in [2.24, 2.45) is 5.73 Å². The molecular formula is C11H13F2NO. The van der Waals surface area contributed by atoms with E-state index in [9.17, 15) is 8.78 Å². The van der Waals surface area contributed by atoms with Crippen molar-refractivity contribution < 1.29 is 13.5 Å². The first-order chi connectivity index (χ1) is 6.90. The quantitative estimate of drug-likeness (QED) is 0.817. The van der Waals surface area contributed by atoms with Crippen LogP contribution in [0.25, 0.3) is 0 Å². The average Bonchev–Trinajstić information content (AvgIpc) is 2.66. The van der Waals surface area contributed by atoms with Gasteiger partial charge in [-0.1, -0.05) is 6.07 Å². The molecule has 1 saturated carbocycles. The number of rotatable bonds is 2. The van der Waals surface area contributed by atoms with Crippen LogP contribution in [-0.4, -0.2) is 13.0 Å². The zero-order valence-electron chi connectivity index (χ0n) is 8.68. The van der Waals surface area contributed by atoms with Crippen LogP contribution in [0.1, 0.15) is 17.5 Å². The Hall–Kier alpha value is -1.16. The maximum Gasteiger partial charge on any atom is 0.272 e. The minimum absolute atomic E-state index is 0.271. The van der Waals surface area contributed by atoms with Crippen molar-refractivity contribution in [3.05, 3.63) is 29.3 Å². The predicted octanol–water partition coefficient (Wildman–Crippen LogP) is 2.20. The van der Waals surface area contributed by atoms with Gasteiger partial charge in [-0.2, -0.15) is 0 Å². The lowest BCUT2D eigenvalue weighted by molar-refractivity contribution is 0.0889. The molecule has 2 rings (SSSR count). The van der Waals surface area contributed by atoms with Crippen molar-refractivity contribution in [2.45, 2.75) is 24.8 Å². The molecule has 1 aliphatic carbocycles. The SMILES string of the molecule is COc1ccc(C2(N)CC2(F)F)c(C)c1. The Bertz CT molecular complexity index is 406. The van der Waals surface area contributed by atoms with Gasteiger partial charge in [0.05, 0.1) is 7.11 Å². The van der Waals surface area contributed by atoms with Crippen molar-refractivity contribution in [3.63, 3.8) is 0 Å². The summed E-state index contributed by atoms with van der Waals surface area (Å²) in [5, 5.41) is 0. The number of aryl methyl sites for hydroxylation is 1. The second-order valence-electron chi connectivity index (χ2n) is 4.03. The van der Waals surface area contributed by atoms with Gasteiger partial charge in [0.1, 0.15) is 11.3 Å². The summed E-state index contributed by atoms with van der Waals surface area (Å²) in [6.07, 6.45) is -0.271. The third kappa shape index (κ3) is 1.40. The maximum atomic E-state index is 13.1. The fraction of sp³-hybridized carbons (Fsp3) is 0.455. The van der Waals surface area contributed by atoms with Crippen LogP contribution in [0.15, 0.2) is 18.2 Å². The molecule has 1 fully saturated rings. The zero-order chi connectivity index (χ0) is 11.3. The number of hydrogen-bond donors (Lipinski definition) is 1. The third-order valence-corrected chi connectivity index (χ3v) is 2.94. The molecule has 1 unspecified atom stereocenters. The highest BCUT2D eigenvalue weighted by Crippen LogP contribution is 2.58. The van der Waals surface area contributed by atoms with Crippen LogP contribution in [0.2, 0.25) is 0 Å². The minimum atomic E-state index is -2.77. The average molecular weight is 213 g/mol. The van der Waals surface area contributed by atoms with Gasteiger partial charge in [0.2, 0.25) is 0 Å². The molecule has 1 aromatic rings. The molecule has 0 bridgehead atoms. The van der Waals surface area contributed by atoms with Gasteiger partial charge in [0.15, 0.2) is 0 Å². The molecule has 4 heteroatoms. The van der Waals surface area contributed by atoms with Crippen LogP contribution in [0.3, 0.4) is 0 Å². The van der Waals surface area contributed by atoms with E-state index < -0.39 is 11.5 Å². The molecule has 0 radical (unpaired) electrons. The van der Waals surface area contributed by atoms with Crippen LogP contribution >= 0.6 is 0 Å². The molecule has 15 heavy (non-hydrogen) atoms.